The number of hydrogen-bond acceptors (Lipinski definition) is 5. The quantitative estimate of drug-likeness (QED) is 0.703. The third-order valence-electron chi connectivity index (χ3n) is 4.00. The molecule has 0 saturated carbocycles. The van der Waals surface area contributed by atoms with Crippen LogP contribution in [-0.4, -0.2) is 43.5 Å². The van der Waals surface area contributed by atoms with Crippen LogP contribution >= 0.6 is 0 Å². The smallest absolute Gasteiger partial charge is 0.217 e. The first-order valence-corrected chi connectivity index (χ1v) is 8.69. The molecule has 2 rings (SSSR count). The van der Waals surface area contributed by atoms with Gasteiger partial charge in [-0.3, -0.25) is 0 Å². The molecule has 0 atom stereocenters. The Bertz CT molecular complexity index is 581. The molecule has 0 radical (unpaired) electrons. The molecule has 0 fully saturated rings. The zero-order valence-corrected chi connectivity index (χ0v) is 15.2. The average molecular weight is 335 g/mol. The van der Waals surface area contributed by atoms with Crippen molar-refractivity contribution in [2.45, 2.75) is 52.0 Å². The van der Waals surface area contributed by atoms with Crippen molar-refractivity contribution in [3.63, 3.8) is 0 Å². The van der Waals surface area contributed by atoms with E-state index >= 15 is 0 Å². The highest BCUT2D eigenvalue weighted by Crippen LogP contribution is 2.36. The molecule has 1 aromatic carbocycles. The maximum absolute atomic E-state index is 9.51. The Morgan fingerprint density at radius 1 is 1.29 bits per heavy atom. The van der Waals surface area contributed by atoms with Crippen molar-refractivity contribution in [2.24, 2.45) is 4.99 Å². The lowest BCUT2D eigenvalue weighted by Crippen LogP contribution is -2.17. The van der Waals surface area contributed by atoms with Gasteiger partial charge in [-0.25, -0.2) is 4.99 Å². The second kappa shape index (κ2) is 8.38. The highest BCUT2D eigenvalue weighted by atomic mass is 16.5. The van der Waals surface area contributed by atoms with E-state index in [0.717, 1.165) is 30.4 Å². The normalized spacial score (nSPS) is 15.8. The van der Waals surface area contributed by atoms with E-state index in [0.29, 0.717) is 37.0 Å². The molecule has 0 spiro atoms. The van der Waals surface area contributed by atoms with E-state index in [-0.39, 0.29) is 12.1 Å². The highest BCUT2D eigenvalue weighted by molar-refractivity contribution is 5.98. The van der Waals surface area contributed by atoms with Gasteiger partial charge in [0.25, 0.3) is 0 Å². The average Bonchev–Trinajstić information content (AvgIpc) is 2.92. The molecule has 0 unspecified atom stereocenters. The summed E-state index contributed by atoms with van der Waals surface area (Å²) in [4.78, 5) is 4.66. The molecule has 5 heteroatoms. The summed E-state index contributed by atoms with van der Waals surface area (Å²) in [5.41, 5.74) is 1.54. The zero-order valence-electron chi connectivity index (χ0n) is 15.2. The largest absolute Gasteiger partial charge is 0.493 e. The number of hydrogen-bond donors (Lipinski definition) is 1. The summed E-state index contributed by atoms with van der Waals surface area (Å²) in [6.07, 6.45) is 3.73. The summed E-state index contributed by atoms with van der Waals surface area (Å²) >= 11 is 0. The van der Waals surface area contributed by atoms with Gasteiger partial charge < -0.3 is 19.3 Å². The fourth-order valence-electron chi connectivity index (χ4n) is 2.73. The van der Waals surface area contributed by atoms with Gasteiger partial charge in [-0.15, -0.1) is 0 Å². The van der Waals surface area contributed by atoms with Crippen LogP contribution in [0.3, 0.4) is 0 Å². The summed E-state index contributed by atoms with van der Waals surface area (Å²) in [7, 11) is 1.63. The fourth-order valence-corrected chi connectivity index (χ4v) is 2.73. The van der Waals surface area contributed by atoms with E-state index in [1.165, 1.54) is 0 Å². The number of ether oxygens (including phenoxy) is 3. The maximum Gasteiger partial charge on any atom is 0.217 e. The third kappa shape index (κ3) is 4.41. The van der Waals surface area contributed by atoms with Crippen LogP contribution in [0.2, 0.25) is 0 Å². The number of methoxy groups -OCH3 is 1. The Kier molecular flexibility index (Phi) is 6.49. The minimum absolute atomic E-state index is 0.0299. The monoisotopic (exact) mass is 335 g/mol. The fraction of sp³-hybridized carbons (Fsp3) is 0.632. The van der Waals surface area contributed by atoms with Crippen molar-refractivity contribution in [1.29, 1.82) is 0 Å². The number of aliphatic hydroxyl groups is 1. The molecule has 24 heavy (non-hydrogen) atoms. The minimum atomic E-state index is -0.228. The van der Waals surface area contributed by atoms with Crippen LogP contribution < -0.4 is 9.47 Å². The number of nitrogens with zero attached hydrogens (tertiary/aromatic N) is 1. The van der Waals surface area contributed by atoms with Crippen molar-refractivity contribution in [1.82, 2.24) is 0 Å². The molecule has 134 valence electrons. The lowest BCUT2D eigenvalue weighted by atomic mass is 10.0. The molecular weight excluding hydrogens is 306 g/mol. The van der Waals surface area contributed by atoms with Crippen molar-refractivity contribution in [2.75, 3.05) is 26.9 Å². The molecule has 0 aromatic heterocycles. The van der Waals surface area contributed by atoms with E-state index in [1.54, 1.807) is 7.11 Å². The molecule has 5 nitrogen and oxygen atoms in total. The zero-order chi connectivity index (χ0) is 17.6. The van der Waals surface area contributed by atoms with Gasteiger partial charge in [-0.2, -0.15) is 0 Å². The molecule has 1 aliphatic heterocycles. The lowest BCUT2D eigenvalue weighted by Gasteiger charge is -2.18. The van der Waals surface area contributed by atoms with Gasteiger partial charge in [0.15, 0.2) is 11.5 Å². The molecule has 1 aromatic rings. The predicted octanol–water partition coefficient (Wildman–Crippen LogP) is 3.35. The number of aliphatic imine (C=N–C) groups is 1. The third-order valence-corrected chi connectivity index (χ3v) is 4.00. The SMILES string of the molecule is CCCCCOc1c(OC)ccc(C2=NC(C)(C)CO2)c1CCO. The van der Waals surface area contributed by atoms with Gasteiger partial charge in [0.1, 0.15) is 6.61 Å². The maximum atomic E-state index is 9.51. The topological polar surface area (TPSA) is 60.3 Å². The standard InChI is InChI=1S/C19H29NO4/c1-5-6-7-12-23-17-14(10-11-21)15(8-9-16(17)22-4)18-20-19(2,3)13-24-18/h8-9,21H,5-7,10-13H2,1-4H3. The summed E-state index contributed by atoms with van der Waals surface area (Å²) in [5.74, 6) is 1.98. The van der Waals surface area contributed by atoms with Gasteiger partial charge >= 0.3 is 0 Å². The van der Waals surface area contributed by atoms with E-state index in [2.05, 4.69) is 11.9 Å². The molecule has 1 heterocycles. The van der Waals surface area contributed by atoms with E-state index in [9.17, 15) is 5.11 Å². The van der Waals surface area contributed by atoms with Crippen LogP contribution in [0.4, 0.5) is 0 Å². The molecule has 1 N–H and O–H groups in total. The predicted molar refractivity (Wildman–Crippen MR) is 95.4 cm³/mol. The molecule has 0 bridgehead atoms. The van der Waals surface area contributed by atoms with Crippen LogP contribution in [0.1, 0.15) is 51.2 Å². The van der Waals surface area contributed by atoms with Crippen LogP contribution in [0.25, 0.3) is 0 Å². The summed E-state index contributed by atoms with van der Waals surface area (Å²) in [6, 6.07) is 3.81. The minimum Gasteiger partial charge on any atom is -0.493 e. The first-order valence-electron chi connectivity index (χ1n) is 8.69. The number of unbranched alkanes of at least 4 members (excludes halogenated alkanes) is 2. The van der Waals surface area contributed by atoms with Crippen molar-refractivity contribution >= 4 is 5.90 Å². The number of aliphatic hydroxyl groups excluding tert-OH is 1. The van der Waals surface area contributed by atoms with E-state index in [4.69, 9.17) is 14.2 Å². The number of benzene rings is 1. The first-order chi connectivity index (χ1) is 11.5. The molecule has 0 saturated heterocycles. The molecule has 1 aliphatic rings. The molecular formula is C19H29NO4. The van der Waals surface area contributed by atoms with Crippen LogP contribution in [0, 0.1) is 0 Å². The van der Waals surface area contributed by atoms with Crippen molar-refractivity contribution < 1.29 is 19.3 Å². The Morgan fingerprint density at radius 2 is 2.08 bits per heavy atom. The number of rotatable bonds is 9. The van der Waals surface area contributed by atoms with Crippen molar-refractivity contribution in [3.05, 3.63) is 23.3 Å². The van der Waals surface area contributed by atoms with Crippen LogP contribution in [-0.2, 0) is 11.2 Å². The lowest BCUT2D eigenvalue weighted by molar-refractivity contribution is 0.270. The second-order valence-corrected chi connectivity index (χ2v) is 6.67. The Labute approximate surface area is 144 Å². The summed E-state index contributed by atoms with van der Waals surface area (Å²) in [6.45, 7) is 7.46. The van der Waals surface area contributed by atoms with Crippen LogP contribution in [0.5, 0.6) is 11.5 Å². The molecule has 0 amide bonds. The highest BCUT2D eigenvalue weighted by Gasteiger charge is 2.29. The van der Waals surface area contributed by atoms with Crippen LogP contribution in [0.15, 0.2) is 17.1 Å². The second-order valence-electron chi connectivity index (χ2n) is 6.67. The molecule has 0 aliphatic carbocycles. The van der Waals surface area contributed by atoms with Gasteiger partial charge in [0.2, 0.25) is 5.90 Å². The van der Waals surface area contributed by atoms with Gasteiger partial charge in [-0.05, 0) is 32.4 Å². The first kappa shape index (κ1) is 18.6. The van der Waals surface area contributed by atoms with Gasteiger partial charge in [-0.1, -0.05) is 19.8 Å². The van der Waals surface area contributed by atoms with Crippen molar-refractivity contribution in [3.8, 4) is 11.5 Å². The Hall–Kier alpha value is -1.75. The van der Waals surface area contributed by atoms with Gasteiger partial charge in [0, 0.05) is 24.2 Å². The van der Waals surface area contributed by atoms with Gasteiger partial charge in [0.05, 0.1) is 19.3 Å². The Balaban J connectivity index is 2.37. The Morgan fingerprint density at radius 3 is 2.67 bits per heavy atom. The summed E-state index contributed by atoms with van der Waals surface area (Å²) < 4.78 is 17.3. The van der Waals surface area contributed by atoms with E-state index < -0.39 is 0 Å². The van der Waals surface area contributed by atoms with E-state index in [1.807, 2.05) is 26.0 Å². The summed E-state index contributed by atoms with van der Waals surface area (Å²) in [5, 5.41) is 9.51.